The number of epoxide rings is 1. The Kier molecular flexibility index (Phi) is 10.9. The quantitative estimate of drug-likeness (QED) is 0.178. The van der Waals surface area contributed by atoms with E-state index in [9.17, 15) is 0 Å². The van der Waals surface area contributed by atoms with Gasteiger partial charge in [0.1, 0.15) is 0 Å². The van der Waals surface area contributed by atoms with Gasteiger partial charge in [0.15, 0.2) is 0 Å². The molecular formula is C22H44O4Si. The average Bonchev–Trinajstić information content (AvgIpc) is 3.45. The summed E-state index contributed by atoms with van der Waals surface area (Å²) in [7, 11) is -2.62. The van der Waals surface area contributed by atoms with E-state index in [0.717, 1.165) is 77.0 Å². The lowest BCUT2D eigenvalue weighted by atomic mass is 9.84. The van der Waals surface area contributed by atoms with E-state index in [2.05, 4.69) is 27.7 Å². The fourth-order valence-electron chi connectivity index (χ4n) is 4.13. The number of hydrogen-bond donors (Lipinski definition) is 0. The highest BCUT2D eigenvalue weighted by atomic mass is 28.4. The van der Waals surface area contributed by atoms with Crippen molar-refractivity contribution in [1.82, 2.24) is 0 Å². The highest BCUT2D eigenvalue weighted by Gasteiger charge is 2.49. The third-order valence-electron chi connectivity index (χ3n) is 5.95. The summed E-state index contributed by atoms with van der Waals surface area (Å²) >= 11 is 0. The number of fused-ring (bicyclic) bond motifs is 1. The topological polar surface area (TPSA) is 40.2 Å². The maximum atomic E-state index is 6.92. The normalized spacial score (nSPS) is 26.0. The number of rotatable bonds is 16. The van der Waals surface area contributed by atoms with Gasteiger partial charge in [-0.3, -0.25) is 0 Å². The molecule has 4 nitrogen and oxygen atoms in total. The minimum Gasteiger partial charge on any atom is -0.373 e. The molecular weight excluding hydrogens is 356 g/mol. The summed E-state index contributed by atoms with van der Waals surface area (Å²) < 4.78 is 25.7. The smallest absolute Gasteiger partial charge is 0.373 e. The highest BCUT2D eigenvalue weighted by molar-refractivity contribution is 6.60. The predicted molar refractivity (Wildman–Crippen MR) is 113 cm³/mol. The first-order valence-corrected chi connectivity index (χ1v) is 13.7. The molecule has 5 heteroatoms. The van der Waals surface area contributed by atoms with Crippen LogP contribution in [-0.4, -0.2) is 40.3 Å². The monoisotopic (exact) mass is 400 g/mol. The summed E-state index contributed by atoms with van der Waals surface area (Å²) in [5.74, 6) is 0.603. The van der Waals surface area contributed by atoms with E-state index in [4.69, 9.17) is 18.0 Å². The van der Waals surface area contributed by atoms with Gasteiger partial charge in [-0.2, -0.15) is 0 Å². The lowest BCUT2D eigenvalue weighted by Gasteiger charge is -2.37. The summed E-state index contributed by atoms with van der Waals surface area (Å²) in [5.41, 5.74) is 0. The Morgan fingerprint density at radius 2 is 1.52 bits per heavy atom. The molecule has 27 heavy (non-hydrogen) atoms. The molecule has 0 aromatic rings. The first-order valence-electron chi connectivity index (χ1n) is 11.8. The Morgan fingerprint density at radius 3 is 2.07 bits per heavy atom. The van der Waals surface area contributed by atoms with E-state index >= 15 is 0 Å². The number of unbranched alkanes of at least 4 members (excludes halogenated alkanes) is 3. The fraction of sp³-hybridized carbons (Fsp3) is 1.00. The van der Waals surface area contributed by atoms with E-state index in [1.807, 2.05) is 0 Å². The molecule has 1 heterocycles. The standard InChI is InChI=1S/C22H44O4Si/c1-5-9-15-23-27(17-11-7-3,24-16-10-6-2)26-20(12-8-4)19-13-14-21-22(18-19)25-21/h19-22H,5-18H2,1-4H3. The molecule has 1 aliphatic carbocycles. The molecule has 0 bridgehead atoms. The van der Waals surface area contributed by atoms with Crippen molar-refractivity contribution in [3.8, 4) is 0 Å². The van der Waals surface area contributed by atoms with Crippen molar-refractivity contribution in [3.63, 3.8) is 0 Å². The van der Waals surface area contributed by atoms with Crippen LogP contribution in [0.15, 0.2) is 0 Å². The minimum absolute atomic E-state index is 0.270. The van der Waals surface area contributed by atoms with Crippen molar-refractivity contribution in [2.45, 2.75) is 123 Å². The van der Waals surface area contributed by atoms with Crippen molar-refractivity contribution in [3.05, 3.63) is 0 Å². The lowest BCUT2D eigenvalue weighted by molar-refractivity contribution is -0.00629. The minimum atomic E-state index is -2.62. The maximum Gasteiger partial charge on any atom is 0.501 e. The first kappa shape index (κ1) is 23.3. The van der Waals surface area contributed by atoms with Crippen LogP contribution in [0.2, 0.25) is 6.04 Å². The van der Waals surface area contributed by atoms with Crippen molar-refractivity contribution in [2.24, 2.45) is 5.92 Å². The molecule has 1 saturated heterocycles. The number of hydrogen-bond acceptors (Lipinski definition) is 4. The van der Waals surface area contributed by atoms with Gasteiger partial charge in [0.25, 0.3) is 0 Å². The van der Waals surface area contributed by atoms with Crippen LogP contribution in [0.4, 0.5) is 0 Å². The zero-order valence-corrected chi connectivity index (χ0v) is 19.3. The van der Waals surface area contributed by atoms with Gasteiger partial charge in [-0.25, -0.2) is 0 Å². The zero-order valence-electron chi connectivity index (χ0n) is 18.3. The van der Waals surface area contributed by atoms with Crippen LogP contribution in [0.5, 0.6) is 0 Å². The van der Waals surface area contributed by atoms with Crippen LogP contribution in [0.1, 0.15) is 98.3 Å². The lowest BCUT2D eigenvalue weighted by Crippen LogP contribution is -2.50. The van der Waals surface area contributed by atoms with Gasteiger partial charge in [0, 0.05) is 19.3 Å². The molecule has 0 aromatic carbocycles. The Morgan fingerprint density at radius 1 is 0.852 bits per heavy atom. The summed E-state index contributed by atoms with van der Waals surface area (Å²) in [4.78, 5) is 0. The van der Waals surface area contributed by atoms with Crippen LogP contribution in [-0.2, 0) is 18.0 Å². The van der Waals surface area contributed by atoms with Gasteiger partial charge in [0.2, 0.25) is 0 Å². The van der Waals surface area contributed by atoms with Crippen LogP contribution >= 0.6 is 0 Å². The van der Waals surface area contributed by atoms with Gasteiger partial charge in [-0.05, 0) is 50.9 Å². The fourth-order valence-corrected chi connectivity index (χ4v) is 7.22. The maximum absolute atomic E-state index is 6.92. The molecule has 1 aliphatic heterocycles. The molecule has 2 aliphatic rings. The second-order valence-electron chi connectivity index (χ2n) is 8.42. The molecule has 1 saturated carbocycles. The van der Waals surface area contributed by atoms with E-state index in [0.29, 0.717) is 18.1 Å². The van der Waals surface area contributed by atoms with Crippen LogP contribution in [0.25, 0.3) is 0 Å². The van der Waals surface area contributed by atoms with Gasteiger partial charge < -0.3 is 18.0 Å². The van der Waals surface area contributed by atoms with E-state index in [-0.39, 0.29) is 6.10 Å². The second kappa shape index (κ2) is 12.6. The highest BCUT2D eigenvalue weighted by Crippen LogP contribution is 2.42. The molecule has 2 rings (SSSR count). The summed E-state index contributed by atoms with van der Waals surface area (Å²) in [6.45, 7) is 10.5. The second-order valence-corrected chi connectivity index (χ2v) is 11.1. The van der Waals surface area contributed by atoms with Crippen LogP contribution in [0.3, 0.4) is 0 Å². The Balaban J connectivity index is 2.07. The largest absolute Gasteiger partial charge is 0.501 e. The number of ether oxygens (including phenoxy) is 1. The van der Waals surface area contributed by atoms with Gasteiger partial charge in [0.05, 0.1) is 18.3 Å². The van der Waals surface area contributed by atoms with Gasteiger partial charge in [-0.1, -0.05) is 53.4 Å². The van der Waals surface area contributed by atoms with E-state index < -0.39 is 8.80 Å². The first-order chi connectivity index (χ1) is 13.2. The molecule has 4 atom stereocenters. The van der Waals surface area contributed by atoms with E-state index in [1.165, 1.54) is 12.8 Å². The molecule has 0 radical (unpaired) electrons. The third kappa shape index (κ3) is 7.77. The summed E-state index contributed by atoms with van der Waals surface area (Å²) in [5, 5.41) is 0. The summed E-state index contributed by atoms with van der Waals surface area (Å²) in [6, 6.07) is 0.965. The molecule has 0 aromatic heterocycles. The van der Waals surface area contributed by atoms with E-state index in [1.54, 1.807) is 0 Å². The van der Waals surface area contributed by atoms with Gasteiger partial charge >= 0.3 is 8.80 Å². The molecule has 0 amide bonds. The molecule has 0 spiro atoms. The van der Waals surface area contributed by atoms with Crippen molar-refractivity contribution in [2.75, 3.05) is 13.2 Å². The predicted octanol–water partition coefficient (Wildman–Crippen LogP) is 6.11. The molecule has 2 fully saturated rings. The molecule has 4 unspecified atom stereocenters. The van der Waals surface area contributed by atoms with Gasteiger partial charge in [-0.15, -0.1) is 0 Å². The molecule has 0 N–H and O–H groups in total. The van der Waals surface area contributed by atoms with Crippen LogP contribution in [0, 0.1) is 5.92 Å². The summed E-state index contributed by atoms with van der Waals surface area (Å²) in [6.07, 6.45) is 13.9. The zero-order chi connectivity index (χ0) is 19.5. The van der Waals surface area contributed by atoms with Crippen molar-refractivity contribution < 1.29 is 18.0 Å². The Bertz CT molecular complexity index is 383. The third-order valence-corrected chi connectivity index (χ3v) is 8.87. The average molecular weight is 401 g/mol. The SMILES string of the molecule is CCCCO[Si](CCCC)(OCCCC)OC(CCC)C1CCC2OC2C1. The Labute approximate surface area is 169 Å². The van der Waals surface area contributed by atoms with Crippen molar-refractivity contribution in [1.29, 1.82) is 0 Å². The van der Waals surface area contributed by atoms with Crippen molar-refractivity contribution >= 4 is 8.80 Å². The van der Waals surface area contributed by atoms with Crippen LogP contribution < -0.4 is 0 Å². The Hall–Kier alpha value is 0.0569. The molecule has 160 valence electrons.